The molecule has 0 aromatic rings. The van der Waals surface area contributed by atoms with Gasteiger partial charge in [0.05, 0.1) is 0 Å². The summed E-state index contributed by atoms with van der Waals surface area (Å²) in [4.78, 5) is 10.8. The lowest BCUT2D eigenvalue weighted by molar-refractivity contribution is -0.129. The topological polar surface area (TPSA) is 49.3 Å². The summed E-state index contributed by atoms with van der Waals surface area (Å²) in [6.45, 7) is 2.27. The predicted octanol–water partition coefficient (Wildman–Crippen LogP) is 7.09. The van der Waals surface area contributed by atoms with Crippen LogP contribution < -0.4 is 5.48 Å². The molecule has 25 heavy (non-hydrogen) atoms. The number of hydroxylamine groups is 1. The second-order valence-corrected chi connectivity index (χ2v) is 7.28. The van der Waals surface area contributed by atoms with E-state index in [4.69, 9.17) is 5.21 Å². The van der Waals surface area contributed by atoms with E-state index in [1.54, 1.807) is 5.48 Å². The van der Waals surface area contributed by atoms with Gasteiger partial charge in [0.15, 0.2) is 0 Å². The maximum Gasteiger partial charge on any atom is 0.243 e. The predicted molar refractivity (Wildman–Crippen MR) is 108 cm³/mol. The number of carbonyl (C=O) groups is 1. The summed E-state index contributed by atoms with van der Waals surface area (Å²) in [5.41, 5.74) is 1.68. The molecule has 0 spiro atoms. The fourth-order valence-corrected chi connectivity index (χ4v) is 3.12. The molecular formula is C22H43NO2. The minimum atomic E-state index is -0.263. The number of nitrogens with one attached hydrogen (secondary N) is 1. The van der Waals surface area contributed by atoms with E-state index in [9.17, 15) is 4.79 Å². The van der Waals surface area contributed by atoms with Crippen molar-refractivity contribution in [1.82, 2.24) is 5.48 Å². The lowest BCUT2D eigenvalue weighted by Gasteiger charge is -2.02. The summed E-state index contributed by atoms with van der Waals surface area (Å²) >= 11 is 0. The van der Waals surface area contributed by atoms with E-state index in [-0.39, 0.29) is 5.91 Å². The summed E-state index contributed by atoms with van der Waals surface area (Å²) in [6, 6.07) is 0. The Hall–Kier alpha value is -0.830. The van der Waals surface area contributed by atoms with E-state index in [1.807, 2.05) is 0 Å². The zero-order valence-corrected chi connectivity index (χ0v) is 16.7. The minimum Gasteiger partial charge on any atom is -0.289 e. The summed E-state index contributed by atoms with van der Waals surface area (Å²) in [5, 5.41) is 8.38. The first-order valence-electron chi connectivity index (χ1n) is 10.9. The van der Waals surface area contributed by atoms with Gasteiger partial charge >= 0.3 is 0 Å². The number of hydrogen-bond donors (Lipinski definition) is 2. The van der Waals surface area contributed by atoms with Crippen molar-refractivity contribution in [3.8, 4) is 0 Å². The van der Waals surface area contributed by atoms with Crippen LogP contribution in [0.5, 0.6) is 0 Å². The van der Waals surface area contributed by atoms with Crippen LogP contribution in [0.1, 0.15) is 122 Å². The van der Waals surface area contributed by atoms with Crippen molar-refractivity contribution in [3.05, 3.63) is 12.2 Å². The molecule has 3 heteroatoms. The third-order valence-corrected chi connectivity index (χ3v) is 4.79. The molecule has 0 saturated heterocycles. The van der Waals surface area contributed by atoms with Gasteiger partial charge in [-0.05, 0) is 32.1 Å². The van der Waals surface area contributed by atoms with Gasteiger partial charge in [0.1, 0.15) is 0 Å². The Kier molecular flexibility index (Phi) is 20.5. The fraction of sp³-hybridized carbons (Fsp3) is 0.864. The Balaban J connectivity index is 3.08. The van der Waals surface area contributed by atoms with Crippen molar-refractivity contribution in [3.63, 3.8) is 0 Å². The lowest BCUT2D eigenvalue weighted by atomic mass is 10.1. The molecule has 0 rings (SSSR count). The number of amides is 1. The average molecular weight is 354 g/mol. The zero-order valence-electron chi connectivity index (χ0n) is 16.7. The smallest absolute Gasteiger partial charge is 0.243 e. The van der Waals surface area contributed by atoms with Crippen molar-refractivity contribution in [2.45, 2.75) is 122 Å². The van der Waals surface area contributed by atoms with Crippen LogP contribution in [0.2, 0.25) is 0 Å². The molecule has 0 atom stereocenters. The standard InChI is InChI=1S/C22H43NO2/c1-2-3-4-5-6-7-8-9-10-11-12-13-14-15-16-17-18-19-20-21-22(24)23-25/h9-10,25H,2-8,11-21H2,1H3,(H,23,24)/b10-9-. The summed E-state index contributed by atoms with van der Waals surface area (Å²) in [7, 11) is 0. The third-order valence-electron chi connectivity index (χ3n) is 4.79. The normalized spacial score (nSPS) is 11.3. The van der Waals surface area contributed by atoms with Crippen molar-refractivity contribution in [1.29, 1.82) is 0 Å². The van der Waals surface area contributed by atoms with Crippen molar-refractivity contribution >= 4 is 5.91 Å². The maximum atomic E-state index is 10.8. The number of allylic oxidation sites excluding steroid dienone is 2. The van der Waals surface area contributed by atoms with Crippen LogP contribution in [0.4, 0.5) is 0 Å². The van der Waals surface area contributed by atoms with E-state index in [0.29, 0.717) is 6.42 Å². The van der Waals surface area contributed by atoms with Gasteiger partial charge < -0.3 is 0 Å². The molecule has 0 saturated carbocycles. The molecule has 0 radical (unpaired) electrons. The van der Waals surface area contributed by atoms with E-state index < -0.39 is 0 Å². The van der Waals surface area contributed by atoms with Crippen molar-refractivity contribution < 1.29 is 10.0 Å². The molecule has 0 aromatic heterocycles. The van der Waals surface area contributed by atoms with Crippen LogP contribution in [-0.4, -0.2) is 11.1 Å². The van der Waals surface area contributed by atoms with Gasteiger partial charge in [-0.25, -0.2) is 5.48 Å². The van der Waals surface area contributed by atoms with Gasteiger partial charge in [0, 0.05) is 6.42 Å². The molecule has 0 aliphatic carbocycles. The highest BCUT2D eigenvalue weighted by molar-refractivity contribution is 5.74. The summed E-state index contributed by atoms with van der Waals surface area (Å²) in [6.07, 6.45) is 27.3. The van der Waals surface area contributed by atoms with Gasteiger partial charge in [-0.2, -0.15) is 0 Å². The molecule has 1 amide bonds. The highest BCUT2D eigenvalue weighted by Crippen LogP contribution is 2.12. The highest BCUT2D eigenvalue weighted by atomic mass is 16.5. The number of rotatable bonds is 19. The van der Waals surface area contributed by atoms with E-state index >= 15 is 0 Å². The average Bonchev–Trinajstić information content (AvgIpc) is 2.63. The minimum absolute atomic E-state index is 0.263. The lowest BCUT2D eigenvalue weighted by Crippen LogP contribution is -2.17. The Morgan fingerprint density at radius 1 is 0.680 bits per heavy atom. The molecule has 2 N–H and O–H groups in total. The van der Waals surface area contributed by atoms with Gasteiger partial charge in [0.2, 0.25) is 5.91 Å². The maximum absolute atomic E-state index is 10.8. The first-order chi connectivity index (χ1) is 12.3. The number of hydrogen-bond acceptors (Lipinski definition) is 2. The number of unbranched alkanes of at least 4 members (excludes halogenated alkanes) is 15. The monoisotopic (exact) mass is 353 g/mol. The molecule has 0 aliphatic rings. The Bertz CT molecular complexity index is 302. The van der Waals surface area contributed by atoms with Gasteiger partial charge in [-0.15, -0.1) is 0 Å². The number of carbonyl (C=O) groups excluding carboxylic acids is 1. The molecule has 148 valence electrons. The molecule has 3 nitrogen and oxygen atoms in total. The fourth-order valence-electron chi connectivity index (χ4n) is 3.12. The molecule has 0 bridgehead atoms. The van der Waals surface area contributed by atoms with Crippen LogP contribution in [0.25, 0.3) is 0 Å². The largest absolute Gasteiger partial charge is 0.289 e. The van der Waals surface area contributed by atoms with Gasteiger partial charge in [-0.1, -0.05) is 96.1 Å². The van der Waals surface area contributed by atoms with E-state index in [1.165, 1.54) is 96.3 Å². The first-order valence-corrected chi connectivity index (χ1v) is 10.9. The van der Waals surface area contributed by atoms with E-state index in [2.05, 4.69) is 19.1 Å². The Labute approximate surface area is 156 Å². The molecule has 0 aliphatic heterocycles. The zero-order chi connectivity index (χ0) is 18.4. The van der Waals surface area contributed by atoms with Gasteiger partial charge in [0.25, 0.3) is 0 Å². The molecule has 0 heterocycles. The van der Waals surface area contributed by atoms with Crippen LogP contribution in [0.3, 0.4) is 0 Å². The molecule has 0 fully saturated rings. The Morgan fingerprint density at radius 3 is 1.52 bits per heavy atom. The molecule has 0 unspecified atom stereocenters. The van der Waals surface area contributed by atoms with Crippen LogP contribution in [0, 0.1) is 0 Å². The quantitative estimate of drug-likeness (QED) is 0.113. The van der Waals surface area contributed by atoms with Crippen molar-refractivity contribution in [2.75, 3.05) is 0 Å². The van der Waals surface area contributed by atoms with Crippen LogP contribution >= 0.6 is 0 Å². The summed E-state index contributed by atoms with van der Waals surface area (Å²) < 4.78 is 0. The molecule has 0 aromatic carbocycles. The van der Waals surface area contributed by atoms with Crippen LogP contribution in [0.15, 0.2) is 12.2 Å². The second-order valence-electron chi connectivity index (χ2n) is 7.28. The van der Waals surface area contributed by atoms with Crippen LogP contribution in [-0.2, 0) is 4.79 Å². The highest BCUT2D eigenvalue weighted by Gasteiger charge is 1.98. The molecular weight excluding hydrogens is 310 g/mol. The van der Waals surface area contributed by atoms with E-state index in [0.717, 1.165) is 12.8 Å². The second kappa shape index (κ2) is 21.2. The van der Waals surface area contributed by atoms with Crippen molar-refractivity contribution in [2.24, 2.45) is 0 Å². The van der Waals surface area contributed by atoms with Gasteiger partial charge in [-0.3, -0.25) is 10.0 Å². The third kappa shape index (κ3) is 21.1. The first kappa shape index (κ1) is 24.2. The summed E-state index contributed by atoms with van der Waals surface area (Å²) in [5.74, 6) is -0.263. The Morgan fingerprint density at radius 2 is 1.08 bits per heavy atom. The SMILES string of the molecule is CCCCCCCC/C=C\CCCCCCCCCCCC(=O)NO.